The maximum absolute atomic E-state index is 10.3. The maximum atomic E-state index is 10.3. The third-order valence-corrected chi connectivity index (χ3v) is 3.44. The Balaban J connectivity index is 0.00000256. The first-order valence-corrected chi connectivity index (χ1v) is 6.49. The van der Waals surface area contributed by atoms with Crippen molar-refractivity contribution in [2.45, 2.75) is 25.7 Å². The van der Waals surface area contributed by atoms with Crippen molar-refractivity contribution in [2.24, 2.45) is 0 Å². The number of hydrogen-bond donors (Lipinski definition) is 1. The van der Waals surface area contributed by atoms with Gasteiger partial charge >= 0.3 is 5.97 Å². The van der Waals surface area contributed by atoms with Gasteiger partial charge in [0.2, 0.25) is 0 Å². The van der Waals surface area contributed by atoms with E-state index in [1.165, 1.54) is 4.88 Å². The second-order valence-corrected chi connectivity index (χ2v) is 5.02. The molecule has 0 aliphatic rings. The SMILES string of the molecule is CN(CCCCC(=O)O)CCc1cccs1.Cl. The number of carboxylic acid groups (broad SMARTS) is 1. The van der Waals surface area contributed by atoms with Crippen LogP contribution >= 0.6 is 23.7 Å². The second kappa shape index (κ2) is 9.45. The number of unbranched alkanes of at least 4 members (excludes halogenated alkanes) is 1. The molecule has 98 valence electrons. The van der Waals surface area contributed by atoms with Crippen LogP contribution in [0.15, 0.2) is 17.5 Å². The smallest absolute Gasteiger partial charge is 0.303 e. The van der Waals surface area contributed by atoms with E-state index in [-0.39, 0.29) is 12.4 Å². The molecule has 17 heavy (non-hydrogen) atoms. The van der Waals surface area contributed by atoms with E-state index >= 15 is 0 Å². The van der Waals surface area contributed by atoms with E-state index in [2.05, 4.69) is 29.5 Å². The zero-order chi connectivity index (χ0) is 11.8. The van der Waals surface area contributed by atoms with Gasteiger partial charge in [-0.2, -0.15) is 0 Å². The summed E-state index contributed by atoms with van der Waals surface area (Å²) in [7, 11) is 2.09. The summed E-state index contributed by atoms with van der Waals surface area (Å²) in [6.45, 7) is 2.03. The highest BCUT2D eigenvalue weighted by molar-refractivity contribution is 7.09. The first kappa shape index (κ1) is 16.4. The molecule has 0 radical (unpaired) electrons. The molecule has 5 heteroatoms. The Hall–Kier alpha value is -0.580. The molecular formula is C12H20ClNO2S. The predicted octanol–water partition coefficient (Wildman–Crippen LogP) is 2.90. The zero-order valence-electron chi connectivity index (χ0n) is 10.1. The van der Waals surface area contributed by atoms with Gasteiger partial charge in [0.25, 0.3) is 0 Å². The molecule has 0 aromatic carbocycles. The summed E-state index contributed by atoms with van der Waals surface area (Å²) in [5, 5.41) is 10.6. The first-order chi connectivity index (χ1) is 7.68. The van der Waals surface area contributed by atoms with Crippen LogP contribution < -0.4 is 0 Å². The summed E-state index contributed by atoms with van der Waals surface area (Å²) >= 11 is 1.79. The predicted molar refractivity (Wildman–Crippen MR) is 74.3 cm³/mol. The number of likely N-dealkylation sites (N-methyl/N-ethyl adjacent to an activating group) is 1. The van der Waals surface area contributed by atoms with Gasteiger partial charge < -0.3 is 10.0 Å². The highest BCUT2D eigenvalue weighted by Gasteiger charge is 2.01. The molecule has 3 nitrogen and oxygen atoms in total. The molecule has 1 heterocycles. The Morgan fingerprint density at radius 1 is 1.41 bits per heavy atom. The lowest BCUT2D eigenvalue weighted by molar-refractivity contribution is -0.137. The summed E-state index contributed by atoms with van der Waals surface area (Å²) in [6, 6.07) is 4.23. The van der Waals surface area contributed by atoms with Crippen molar-refractivity contribution in [1.29, 1.82) is 0 Å². The fourth-order valence-electron chi connectivity index (χ4n) is 1.53. The number of aliphatic carboxylic acids is 1. The fraction of sp³-hybridized carbons (Fsp3) is 0.583. The molecule has 0 amide bonds. The van der Waals surface area contributed by atoms with Crippen molar-refractivity contribution >= 4 is 29.7 Å². The first-order valence-electron chi connectivity index (χ1n) is 5.61. The Labute approximate surface area is 113 Å². The average molecular weight is 278 g/mol. The van der Waals surface area contributed by atoms with E-state index in [9.17, 15) is 4.79 Å². The van der Waals surface area contributed by atoms with Gasteiger partial charge in [0.15, 0.2) is 0 Å². The summed E-state index contributed by atoms with van der Waals surface area (Å²) in [5.74, 6) is -0.693. The maximum Gasteiger partial charge on any atom is 0.303 e. The van der Waals surface area contributed by atoms with Gasteiger partial charge in [0.1, 0.15) is 0 Å². The molecule has 0 bridgehead atoms. The Morgan fingerprint density at radius 2 is 2.18 bits per heavy atom. The molecule has 0 aliphatic heterocycles. The molecule has 0 saturated carbocycles. The molecule has 0 unspecified atom stereocenters. The lowest BCUT2D eigenvalue weighted by Gasteiger charge is -2.15. The second-order valence-electron chi connectivity index (χ2n) is 3.98. The van der Waals surface area contributed by atoms with E-state index < -0.39 is 5.97 Å². The molecule has 1 N–H and O–H groups in total. The molecule has 0 aliphatic carbocycles. The summed E-state index contributed by atoms with van der Waals surface area (Å²) < 4.78 is 0. The van der Waals surface area contributed by atoms with Crippen LogP contribution in [-0.2, 0) is 11.2 Å². The van der Waals surface area contributed by atoms with Crippen molar-refractivity contribution < 1.29 is 9.90 Å². The normalized spacial score (nSPS) is 10.2. The third kappa shape index (κ3) is 8.18. The largest absolute Gasteiger partial charge is 0.481 e. The van der Waals surface area contributed by atoms with Gasteiger partial charge in [0.05, 0.1) is 0 Å². The standard InChI is InChI=1S/C12H19NO2S.ClH/c1-13(8-3-2-6-12(14)15)9-7-11-5-4-10-16-11;/h4-5,10H,2-3,6-9H2,1H3,(H,14,15);1H. The molecular weight excluding hydrogens is 258 g/mol. The van der Waals surface area contributed by atoms with E-state index in [0.717, 1.165) is 32.4 Å². The molecule has 0 spiro atoms. The summed E-state index contributed by atoms with van der Waals surface area (Å²) in [6.07, 6.45) is 3.12. The van der Waals surface area contributed by atoms with Crippen molar-refractivity contribution in [2.75, 3.05) is 20.1 Å². The highest BCUT2D eigenvalue weighted by Crippen LogP contribution is 2.09. The van der Waals surface area contributed by atoms with Crippen molar-refractivity contribution in [3.63, 3.8) is 0 Å². The number of carboxylic acids is 1. The van der Waals surface area contributed by atoms with Crippen LogP contribution in [0.2, 0.25) is 0 Å². The third-order valence-electron chi connectivity index (χ3n) is 2.50. The Bertz CT molecular complexity index is 303. The number of carbonyl (C=O) groups is 1. The number of hydrogen-bond acceptors (Lipinski definition) is 3. The van der Waals surface area contributed by atoms with Crippen molar-refractivity contribution in [1.82, 2.24) is 4.90 Å². The van der Waals surface area contributed by atoms with E-state index in [0.29, 0.717) is 6.42 Å². The number of rotatable bonds is 8. The highest BCUT2D eigenvalue weighted by atomic mass is 35.5. The monoisotopic (exact) mass is 277 g/mol. The van der Waals surface area contributed by atoms with Crippen LogP contribution in [0, 0.1) is 0 Å². The minimum Gasteiger partial charge on any atom is -0.481 e. The van der Waals surface area contributed by atoms with Gasteiger partial charge in [-0.05, 0) is 44.3 Å². The van der Waals surface area contributed by atoms with Crippen LogP contribution in [0.5, 0.6) is 0 Å². The van der Waals surface area contributed by atoms with E-state index in [1.54, 1.807) is 11.3 Å². The van der Waals surface area contributed by atoms with Gasteiger partial charge in [-0.25, -0.2) is 0 Å². The van der Waals surface area contributed by atoms with Crippen molar-refractivity contribution in [3.8, 4) is 0 Å². The summed E-state index contributed by atoms with van der Waals surface area (Å²) in [5.41, 5.74) is 0. The molecule has 0 saturated heterocycles. The minimum atomic E-state index is -0.693. The van der Waals surface area contributed by atoms with Crippen molar-refractivity contribution in [3.05, 3.63) is 22.4 Å². The fourth-order valence-corrected chi connectivity index (χ4v) is 2.22. The van der Waals surface area contributed by atoms with Crippen LogP contribution in [-0.4, -0.2) is 36.1 Å². The number of nitrogens with zero attached hydrogens (tertiary/aromatic N) is 1. The van der Waals surface area contributed by atoms with Crippen LogP contribution in [0.4, 0.5) is 0 Å². The minimum absolute atomic E-state index is 0. The molecule has 1 aromatic rings. The van der Waals surface area contributed by atoms with Gasteiger partial charge in [-0.1, -0.05) is 6.07 Å². The van der Waals surface area contributed by atoms with Gasteiger partial charge in [-0.15, -0.1) is 23.7 Å². The van der Waals surface area contributed by atoms with Gasteiger partial charge in [0, 0.05) is 17.8 Å². The van der Waals surface area contributed by atoms with Gasteiger partial charge in [-0.3, -0.25) is 4.79 Å². The quantitative estimate of drug-likeness (QED) is 0.743. The summed E-state index contributed by atoms with van der Waals surface area (Å²) in [4.78, 5) is 14.0. The van der Waals surface area contributed by atoms with E-state index in [1.807, 2.05) is 0 Å². The average Bonchev–Trinajstić information content (AvgIpc) is 2.74. The lowest BCUT2D eigenvalue weighted by atomic mass is 10.2. The lowest BCUT2D eigenvalue weighted by Crippen LogP contribution is -2.22. The topological polar surface area (TPSA) is 40.5 Å². The molecule has 0 atom stereocenters. The Kier molecular flexibility index (Phi) is 9.13. The zero-order valence-corrected chi connectivity index (χ0v) is 11.7. The molecule has 1 aromatic heterocycles. The van der Waals surface area contributed by atoms with E-state index in [4.69, 9.17) is 5.11 Å². The van der Waals surface area contributed by atoms with Crippen LogP contribution in [0.3, 0.4) is 0 Å². The van der Waals surface area contributed by atoms with Crippen LogP contribution in [0.1, 0.15) is 24.1 Å². The Morgan fingerprint density at radius 3 is 2.76 bits per heavy atom. The molecule has 0 fully saturated rings. The number of halogens is 1. The van der Waals surface area contributed by atoms with Crippen LogP contribution in [0.25, 0.3) is 0 Å². The molecule has 1 rings (SSSR count). The number of thiophene rings is 1.